The van der Waals surface area contributed by atoms with Gasteiger partial charge in [-0.2, -0.15) is 0 Å². The van der Waals surface area contributed by atoms with Crippen LogP contribution < -0.4 is 4.90 Å². The predicted octanol–water partition coefficient (Wildman–Crippen LogP) is 1.68. The van der Waals surface area contributed by atoms with Crippen LogP contribution in [0.2, 0.25) is 0 Å². The Balaban J connectivity index is 1.81. The highest BCUT2D eigenvalue weighted by atomic mass is 16.3. The number of rotatable bonds is 3. The molecule has 0 aromatic carbocycles. The van der Waals surface area contributed by atoms with Gasteiger partial charge in [0.25, 0.3) is 0 Å². The van der Waals surface area contributed by atoms with Crippen molar-refractivity contribution in [2.45, 2.75) is 25.4 Å². The zero-order valence-electron chi connectivity index (χ0n) is 10.8. The molecule has 19 heavy (non-hydrogen) atoms. The van der Waals surface area contributed by atoms with Gasteiger partial charge in [0.2, 0.25) is 0 Å². The van der Waals surface area contributed by atoms with Crippen molar-refractivity contribution in [3.8, 4) is 0 Å². The molecule has 5 heteroatoms. The molecule has 2 aromatic heterocycles. The van der Waals surface area contributed by atoms with Gasteiger partial charge in [-0.3, -0.25) is 4.98 Å². The largest absolute Gasteiger partial charge is 0.392 e. The number of hydrogen-bond donors (Lipinski definition) is 2. The summed E-state index contributed by atoms with van der Waals surface area (Å²) >= 11 is 0. The summed E-state index contributed by atoms with van der Waals surface area (Å²) < 4.78 is 0. The number of imidazole rings is 1. The van der Waals surface area contributed by atoms with E-state index < -0.39 is 0 Å². The molecule has 2 N–H and O–H groups in total. The number of aliphatic hydroxyl groups excluding tert-OH is 1. The molecule has 1 aliphatic heterocycles. The maximum Gasteiger partial charge on any atom is 0.110 e. The van der Waals surface area contributed by atoms with E-state index in [1.54, 1.807) is 18.6 Å². The van der Waals surface area contributed by atoms with Crippen LogP contribution in [0.15, 0.2) is 30.9 Å². The van der Waals surface area contributed by atoms with Gasteiger partial charge in [-0.25, -0.2) is 4.98 Å². The Kier molecular flexibility index (Phi) is 3.46. The average molecular weight is 258 g/mol. The third kappa shape index (κ3) is 2.46. The van der Waals surface area contributed by atoms with Gasteiger partial charge >= 0.3 is 0 Å². The molecule has 0 spiro atoms. The standard InChI is InChI=1S/C14H18N4O/c19-10-12-8-15-4-3-13(12)18-7-1-2-11(9-18)14-16-5-6-17-14/h3-6,8,11,19H,1-2,7,9-10H2,(H,16,17). The van der Waals surface area contributed by atoms with E-state index in [9.17, 15) is 5.11 Å². The maximum atomic E-state index is 9.41. The summed E-state index contributed by atoms with van der Waals surface area (Å²) in [7, 11) is 0. The van der Waals surface area contributed by atoms with E-state index in [4.69, 9.17) is 0 Å². The Bertz CT molecular complexity index is 526. The third-order valence-electron chi connectivity index (χ3n) is 3.72. The SMILES string of the molecule is OCc1cnccc1N1CCCC(c2ncc[nH]2)C1. The first-order valence-corrected chi connectivity index (χ1v) is 6.66. The Labute approximate surface area is 112 Å². The minimum atomic E-state index is 0.0328. The first-order valence-electron chi connectivity index (χ1n) is 6.66. The van der Waals surface area contributed by atoms with Crippen LogP contribution >= 0.6 is 0 Å². The zero-order valence-corrected chi connectivity index (χ0v) is 10.8. The lowest BCUT2D eigenvalue weighted by molar-refractivity contribution is 0.281. The van der Waals surface area contributed by atoms with Crippen LogP contribution in [0, 0.1) is 0 Å². The fourth-order valence-corrected chi connectivity index (χ4v) is 2.77. The Morgan fingerprint density at radius 2 is 2.37 bits per heavy atom. The van der Waals surface area contributed by atoms with E-state index >= 15 is 0 Å². The smallest absolute Gasteiger partial charge is 0.110 e. The van der Waals surface area contributed by atoms with Crippen LogP contribution in [0.3, 0.4) is 0 Å². The number of aromatic nitrogens is 3. The zero-order chi connectivity index (χ0) is 13.1. The molecule has 3 rings (SSSR count). The molecular weight excluding hydrogens is 240 g/mol. The molecule has 2 aromatic rings. The quantitative estimate of drug-likeness (QED) is 0.879. The number of aromatic amines is 1. The van der Waals surface area contributed by atoms with Crippen molar-refractivity contribution < 1.29 is 5.11 Å². The van der Waals surface area contributed by atoms with Crippen LogP contribution in [0.5, 0.6) is 0 Å². The van der Waals surface area contributed by atoms with Gasteiger partial charge in [0.15, 0.2) is 0 Å². The molecule has 0 bridgehead atoms. The molecule has 1 saturated heterocycles. The molecule has 1 atom stereocenters. The molecule has 3 heterocycles. The molecule has 1 aliphatic rings. The maximum absolute atomic E-state index is 9.41. The first-order chi connectivity index (χ1) is 9.38. The van der Waals surface area contributed by atoms with Crippen molar-refractivity contribution >= 4 is 5.69 Å². The van der Waals surface area contributed by atoms with E-state index in [1.807, 2.05) is 12.3 Å². The minimum Gasteiger partial charge on any atom is -0.392 e. The number of H-pyrrole nitrogens is 1. The Morgan fingerprint density at radius 1 is 1.42 bits per heavy atom. The monoisotopic (exact) mass is 258 g/mol. The molecule has 5 nitrogen and oxygen atoms in total. The van der Waals surface area contributed by atoms with E-state index in [1.165, 1.54) is 0 Å². The fraction of sp³-hybridized carbons (Fsp3) is 0.429. The second kappa shape index (κ2) is 5.40. The average Bonchev–Trinajstić information content (AvgIpc) is 3.01. The summed E-state index contributed by atoms with van der Waals surface area (Å²) in [6.45, 7) is 1.99. The summed E-state index contributed by atoms with van der Waals surface area (Å²) in [5.41, 5.74) is 1.98. The van der Waals surface area contributed by atoms with Crippen LogP contribution in [0.25, 0.3) is 0 Å². The van der Waals surface area contributed by atoms with E-state index in [-0.39, 0.29) is 6.61 Å². The predicted molar refractivity (Wildman–Crippen MR) is 72.9 cm³/mol. The second-order valence-corrected chi connectivity index (χ2v) is 4.92. The lowest BCUT2D eigenvalue weighted by atomic mass is 9.96. The van der Waals surface area contributed by atoms with Crippen molar-refractivity contribution in [2.75, 3.05) is 18.0 Å². The molecule has 0 radical (unpaired) electrons. The highest BCUT2D eigenvalue weighted by Gasteiger charge is 2.24. The van der Waals surface area contributed by atoms with Crippen LogP contribution in [-0.4, -0.2) is 33.1 Å². The van der Waals surface area contributed by atoms with Crippen molar-refractivity contribution in [1.82, 2.24) is 15.0 Å². The highest BCUT2D eigenvalue weighted by molar-refractivity contribution is 5.52. The highest BCUT2D eigenvalue weighted by Crippen LogP contribution is 2.29. The van der Waals surface area contributed by atoms with Crippen molar-refractivity contribution in [3.05, 3.63) is 42.2 Å². The molecule has 0 saturated carbocycles. The van der Waals surface area contributed by atoms with Crippen LogP contribution in [0.1, 0.15) is 30.1 Å². The Hall–Kier alpha value is -1.88. The summed E-state index contributed by atoms with van der Waals surface area (Å²) in [6.07, 6.45) is 9.50. The molecule has 1 fully saturated rings. The minimum absolute atomic E-state index is 0.0328. The summed E-state index contributed by atoms with van der Waals surface area (Å²) in [5.74, 6) is 1.49. The number of piperidine rings is 1. The Morgan fingerprint density at radius 3 is 3.16 bits per heavy atom. The van der Waals surface area contributed by atoms with Gasteiger partial charge < -0.3 is 15.0 Å². The number of nitrogens with one attached hydrogen (secondary N) is 1. The lowest BCUT2D eigenvalue weighted by Gasteiger charge is -2.34. The van der Waals surface area contributed by atoms with Gasteiger partial charge in [-0.05, 0) is 18.9 Å². The summed E-state index contributed by atoms with van der Waals surface area (Å²) in [5, 5.41) is 9.41. The van der Waals surface area contributed by atoms with Crippen molar-refractivity contribution in [2.24, 2.45) is 0 Å². The van der Waals surface area contributed by atoms with Crippen LogP contribution in [-0.2, 0) is 6.61 Å². The lowest BCUT2D eigenvalue weighted by Crippen LogP contribution is -2.35. The number of anilines is 1. The topological polar surface area (TPSA) is 65.0 Å². The molecule has 0 amide bonds. The number of nitrogens with zero attached hydrogens (tertiary/aromatic N) is 3. The van der Waals surface area contributed by atoms with Gasteiger partial charge in [0.1, 0.15) is 5.82 Å². The molecular formula is C14H18N4O. The van der Waals surface area contributed by atoms with Crippen LogP contribution in [0.4, 0.5) is 5.69 Å². The second-order valence-electron chi connectivity index (χ2n) is 4.92. The van der Waals surface area contributed by atoms with Gasteiger partial charge in [0, 0.05) is 55.0 Å². The molecule has 0 aliphatic carbocycles. The summed E-state index contributed by atoms with van der Waals surface area (Å²) in [4.78, 5) is 14.0. The normalized spacial score (nSPS) is 19.6. The van der Waals surface area contributed by atoms with Crippen molar-refractivity contribution in [3.63, 3.8) is 0 Å². The van der Waals surface area contributed by atoms with Gasteiger partial charge in [0.05, 0.1) is 6.61 Å². The third-order valence-corrected chi connectivity index (χ3v) is 3.72. The van der Waals surface area contributed by atoms with E-state index in [0.29, 0.717) is 5.92 Å². The van der Waals surface area contributed by atoms with E-state index in [2.05, 4.69) is 19.9 Å². The first kappa shape index (κ1) is 12.2. The summed E-state index contributed by atoms with van der Waals surface area (Å²) in [6, 6.07) is 1.98. The van der Waals surface area contributed by atoms with Gasteiger partial charge in [-0.1, -0.05) is 0 Å². The van der Waals surface area contributed by atoms with Gasteiger partial charge in [-0.15, -0.1) is 0 Å². The number of pyridine rings is 1. The van der Waals surface area contributed by atoms with E-state index in [0.717, 1.165) is 43.0 Å². The molecule has 100 valence electrons. The molecule has 1 unspecified atom stereocenters. The van der Waals surface area contributed by atoms with Crippen molar-refractivity contribution in [1.29, 1.82) is 0 Å². The fourth-order valence-electron chi connectivity index (χ4n) is 2.77. The number of hydrogen-bond acceptors (Lipinski definition) is 4. The number of aliphatic hydroxyl groups is 1.